The molecule has 4 rings (SSSR count). The molecule has 2 aromatic carbocycles. The van der Waals surface area contributed by atoms with E-state index in [1.807, 2.05) is 0 Å². The predicted molar refractivity (Wildman–Crippen MR) is 137 cm³/mol. The fraction of sp³-hybridized carbons (Fsp3) is 0.231. The van der Waals surface area contributed by atoms with Gasteiger partial charge in [-0.3, -0.25) is 23.7 Å². The van der Waals surface area contributed by atoms with E-state index in [4.69, 9.17) is 16.3 Å². The molecule has 0 aliphatic carbocycles. The van der Waals surface area contributed by atoms with Gasteiger partial charge in [-0.1, -0.05) is 11.6 Å². The average molecular weight is 509 g/mol. The molecular weight excluding hydrogens is 484 g/mol. The standard InChI is InChI=1S/C26H25ClN4O5/c1-16(32)30-14-21(24(33)28-18-7-5-17(27)6-8-18)22(15-30)25(34)29-19-9-11-20(12-10-19)31-13-3-4-23(36-2)26(31)35/h3-13,21-22H,14-15H2,1-2H3,(H,28,33)(H,29,34)/t21-,22-/m0/s1. The number of ether oxygens (including phenoxy) is 1. The molecule has 2 heterocycles. The minimum absolute atomic E-state index is 0.136. The van der Waals surface area contributed by atoms with Crippen molar-refractivity contribution in [1.29, 1.82) is 0 Å². The first-order chi connectivity index (χ1) is 17.3. The minimum Gasteiger partial charge on any atom is -0.491 e. The molecule has 0 saturated carbocycles. The average Bonchev–Trinajstić information content (AvgIpc) is 3.33. The second-order valence-corrected chi connectivity index (χ2v) is 8.86. The maximum atomic E-state index is 13.2. The molecule has 1 aliphatic heterocycles. The topological polar surface area (TPSA) is 110 Å². The van der Waals surface area contributed by atoms with Gasteiger partial charge < -0.3 is 20.3 Å². The molecule has 1 fully saturated rings. The number of rotatable bonds is 6. The van der Waals surface area contributed by atoms with Crippen molar-refractivity contribution in [2.45, 2.75) is 6.92 Å². The number of hydrogen-bond acceptors (Lipinski definition) is 5. The van der Waals surface area contributed by atoms with Crippen molar-refractivity contribution in [2.24, 2.45) is 11.8 Å². The van der Waals surface area contributed by atoms with Crippen LogP contribution in [0.3, 0.4) is 0 Å². The first-order valence-electron chi connectivity index (χ1n) is 11.3. The number of carbonyl (C=O) groups excluding carboxylic acids is 3. The molecule has 0 unspecified atom stereocenters. The Hall–Kier alpha value is -4.11. The highest BCUT2D eigenvalue weighted by atomic mass is 35.5. The van der Waals surface area contributed by atoms with Crippen molar-refractivity contribution >= 4 is 40.7 Å². The van der Waals surface area contributed by atoms with Gasteiger partial charge in [0.2, 0.25) is 17.7 Å². The molecule has 36 heavy (non-hydrogen) atoms. The molecule has 0 bridgehead atoms. The van der Waals surface area contributed by atoms with Gasteiger partial charge in [-0.2, -0.15) is 0 Å². The van der Waals surface area contributed by atoms with E-state index in [1.165, 1.54) is 23.5 Å². The van der Waals surface area contributed by atoms with E-state index in [-0.39, 0.29) is 42.1 Å². The lowest BCUT2D eigenvalue weighted by Crippen LogP contribution is -2.35. The lowest BCUT2D eigenvalue weighted by Gasteiger charge is -2.18. The second kappa shape index (κ2) is 10.7. The van der Waals surface area contributed by atoms with Crippen molar-refractivity contribution in [3.05, 3.63) is 82.2 Å². The summed E-state index contributed by atoms with van der Waals surface area (Å²) in [4.78, 5) is 52.1. The molecule has 1 aromatic heterocycles. The minimum atomic E-state index is -0.734. The lowest BCUT2D eigenvalue weighted by molar-refractivity contribution is -0.128. The monoisotopic (exact) mass is 508 g/mol. The summed E-state index contributed by atoms with van der Waals surface area (Å²) in [7, 11) is 1.43. The van der Waals surface area contributed by atoms with Crippen molar-refractivity contribution in [1.82, 2.24) is 9.47 Å². The van der Waals surface area contributed by atoms with Crippen LogP contribution in [0.4, 0.5) is 11.4 Å². The third-order valence-corrected chi connectivity index (χ3v) is 6.35. The van der Waals surface area contributed by atoms with Gasteiger partial charge in [-0.15, -0.1) is 0 Å². The molecule has 0 spiro atoms. The van der Waals surface area contributed by atoms with Gasteiger partial charge in [-0.25, -0.2) is 0 Å². The van der Waals surface area contributed by atoms with Gasteiger partial charge in [0.15, 0.2) is 5.75 Å². The highest BCUT2D eigenvalue weighted by molar-refractivity contribution is 6.30. The Morgan fingerprint density at radius 1 is 0.889 bits per heavy atom. The number of nitrogens with zero attached hydrogens (tertiary/aromatic N) is 2. The van der Waals surface area contributed by atoms with Crippen LogP contribution in [0.15, 0.2) is 71.7 Å². The number of amides is 3. The van der Waals surface area contributed by atoms with Crippen LogP contribution in [0.25, 0.3) is 5.69 Å². The zero-order valence-electron chi connectivity index (χ0n) is 19.7. The van der Waals surface area contributed by atoms with E-state index in [9.17, 15) is 19.2 Å². The van der Waals surface area contributed by atoms with Crippen LogP contribution in [-0.2, 0) is 14.4 Å². The summed E-state index contributed by atoms with van der Waals surface area (Å²) in [5.41, 5.74) is 1.34. The molecule has 3 aromatic rings. The number of likely N-dealkylation sites (tertiary alicyclic amines) is 1. The molecule has 1 saturated heterocycles. The normalized spacial score (nSPS) is 16.9. The van der Waals surface area contributed by atoms with Crippen molar-refractivity contribution in [2.75, 3.05) is 30.8 Å². The van der Waals surface area contributed by atoms with E-state index in [0.717, 1.165) is 0 Å². The molecule has 2 N–H and O–H groups in total. The van der Waals surface area contributed by atoms with E-state index < -0.39 is 11.8 Å². The molecule has 10 heteroatoms. The first-order valence-corrected chi connectivity index (χ1v) is 11.6. The largest absolute Gasteiger partial charge is 0.491 e. The third-order valence-electron chi connectivity index (χ3n) is 6.10. The Morgan fingerprint density at radius 2 is 1.42 bits per heavy atom. The smallest absolute Gasteiger partial charge is 0.297 e. The summed E-state index contributed by atoms with van der Waals surface area (Å²) in [6, 6.07) is 16.6. The number of anilines is 2. The SMILES string of the molecule is COc1cccn(-c2ccc(NC(=O)[C@H]3CN(C(C)=O)C[C@@H]3C(=O)Nc3ccc(Cl)cc3)cc2)c1=O. The number of hydrogen-bond donors (Lipinski definition) is 2. The Balaban J connectivity index is 1.49. The van der Waals surface area contributed by atoms with Crippen LogP contribution < -0.4 is 20.9 Å². The van der Waals surface area contributed by atoms with Crippen molar-refractivity contribution in [3.63, 3.8) is 0 Å². The van der Waals surface area contributed by atoms with Crippen LogP contribution in [0, 0.1) is 11.8 Å². The van der Waals surface area contributed by atoms with Gasteiger partial charge >= 0.3 is 0 Å². The molecular formula is C26H25ClN4O5. The van der Waals surface area contributed by atoms with Gasteiger partial charge in [0.25, 0.3) is 5.56 Å². The summed E-state index contributed by atoms with van der Waals surface area (Å²) >= 11 is 5.90. The molecule has 2 atom stereocenters. The van der Waals surface area contributed by atoms with Crippen LogP contribution >= 0.6 is 11.6 Å². The number of aromatic nitrogens is 1. The van der Waals surface area contributed by atoms with Crippen molar-refractivity contribution in [3.8, 4) is 11.4 Å². The third kappa shape index (κ3) is 5.41. The van der Waals surface area contributed by atoms with Crippen LogP contribution in [0.2, 0.25) is 5.02 Å². The first kappa shape index (κ1) is 25.0. The number of benzene rings is 2. The number of pyridine rings is 1. The number of methoxy groups -OCH3 is 1. The Kier molecular flexibility index (Phi) is 7.40. The van der Waals surface area contributed by atoms with Crippen molar-refractivity contribution < 1.29 is 19.1 Å². The lowest BCUT2D eigenvalue weighted by atomic mass is 9.94. The van der Waals surface area contributed by atoms with E-state index in [1.54, 1.807) is 66.9 Å². The fourth-order valence-corrected chi connectivity index (χ4v) is 4.26. The molecule has 186 valence electrons. The highest BCUT2D eigenvalue weighted by Crippen LogP contribution is 2.27. The summed E-state index contributed by atoms with van der Waals surface area (Å²) in [5, 5.41) is 6.17. The molecule has 3 amide bonds. The Labute approximate surface area is 212 Å². The van der Waals surface area contributed by atoms with Crippen LogP contribution in [0.5, 0.6) is 5.75 Å². The molecule has 9 nitrogen and oxygen atoms in total. The summed E-state index contributed by atoms with van der Waals surface area (Å²) in [6.07, 6.45) is 1.62. The summed E-state index contributed by atoms with van der Waals surface area (Å²) < 4.78 is 6.51. The number of nitrogens with one attached hydrogen (secondary N) is 2. The van der Waals surface area contributed by atoms with Gasteiger partial charge in [0.1, 0.15) is 0 Å². The molecule has 1 aliphatic rings. The van der Waals surface area contributed by atoms with Crippen LogP contribution in [0.1, 0.15) is 6.92 Å². The number of halogens is 1. The zero-order valence-corrected chi connectivity index (χ0v) is 20.5. The van der Waals surface area contributed by atoms with E-state index in [2.05, 4.69) is 10.6 Å². The van der Waals surface area contributed by atoms with Crippen LogP contribution in [-0.4, -0.2) is 47.4 Å². The van der Waals surface area contributed by atoms with Gasteiger partial charge in [0, 0.05) is 48.3 Å². The van der Waals surface area contributed by atoms with Gasteiger partial charge in [0.05, 0.1) is 18.9 Å². The highest BCUT2D eigenvalue weighted by Gasteiger charge is 2.42. The maximum Gasteiger partial charge on any atom is 0.297 e. The predicted octanol–water partition coefficient (Wildman–Crippen LogP) is 3.17. The van der Waals surface area contributed by atoms with E-state index >= 15 is 0 Å². The molecule has 0 radical (unpaired) electrons. The summed E-state index contributed by atoms with van der Waals surface area (Å²) in [5.74, 6) is -2.17. The Morgan fingerprint density at radius 3 is 1.92 bits per heavy atom. The quantitative estimate of drug-likeness (QED) is 0.531. The number of carbonyl (C=O) groups is 3. The fourth-order valence-electron chi connectivity index (χ4n) is 4.13. The van der Waals surface area contributed by atoms with Gasteiger partial charge in [-0.05, 0) is 60.7 Å². The zero-order chi connectivity index (χ0) is 25.8. The maximum absolute atomic E-state index is 13.2. The summed E-state index contributed by atoms with van der Waals surface area (Å²) in [6.45, 7) is 1.69. The second-order valence-electron chi connectivity index (χ2n) is 8.42. The Bertz CT molecular complexity index is 1340. The van der Waals surface area contributed by atoms with E-state index in [0.29, 0.717) is 22.1 Å².